The number of hydrogen-bond donors (Lipinski definition) is 1. The highest BCUT2D eigenvalue weighted by Gasteiger charge is 2.20. The number of quaternary nitrogens is 1. The zero-order valence-corrected chi connectivity index (χ0v) is 7.89. The van der Waals surface area contributed by atoms with Crippen molar-refractivity contribution in [3.63, 3.8) is 0 Å². The van der Waals surface area contributed by atoms with Gasteiger partial charge >= 0.3 is 7.25 Å². The summed E-state index contributed by atoms with van der Waals surface area (Å²) in [6.45, 7) is 5.71. The van der Waals surface area contributed by atoms with E-state index >= 15 is 0 Å². The van der Waals surface area contributed by atoms with Crippen molar-refractivity contribution in [3.05, 3.63) is 25.1 Å². The molecule has 82 valence electrons. The van der Waals surface area contributed by atoms with Crippen molar-refractivity contribution in [1.82, 2.24) is 4.90 Å². The van der Waals surface area contributed by atoms with Gasteiger partial charge in [-0.3, -0.25) is 4.90 Å². The highest BCUT2D eigenvalue weighted by molar-refractivity contribution is 6.50. The minimum absolute atomic E-state index is 0.966. The SMILES string of the molecule is C=CCN1C=C[NH+](C)C1.F[B-](F)(F)F. The number of hydrogen-bond acceptors (Lipinski definition) is 1. The molecule has 7 heteroatoms. The van der Waals surface area contributed by atoms with Crippen LogP contribution in [0, 0.1) is 0 Å². The Morgan fingerprint density at radius 1 is 1.50 bits per heavy atom. The molecule has 0 amide bonds. The second-order valence-electron chi connectivity index (χ2n) is 2.88. The molecule has 0 aromatic rings. The van der Waals surface area contributed by atoms with Gasteiger partial charge in [-0.25, -0.2) is 0 Å². The van der Waals surface area contributed by atoms with Gasteiger partial charge in [-0.1, -0.05) is 6.08 Å². The van der Waals surface area contributed by atoms with Crippen molar-refractivity contribution >= 4 is 7.25 Å². The molecule has 0 saturated carbocycles. The Morgan fingerprint density at radius 2 is 2.00 bits per heavy atom. The van der Waals surface area contributed by atoms with Crippen LogP contribution in [0.1, 0.15) is 0 Å². The molecule has 0 bridgehead atoms. The molecule has 0 aliphatic carbocycles. The molecule has 0 aromatic heterocycles. The van der Waals surface area contributed by atoms with Gasteiger partial charge in [-0.15, -0.1) is 6.58 Å². The molecule has 0 aromatic carbocycles. The van der Waals surface area contributed by atoms with Crippen LogP contribution in [-0.2, 0) is 0 Å². The fourth-order valence-electron chi connectivity index (χ4n) is 0.950. The van der Waals surface area contributed by atoms with Crippen LogP contribution in [0.25, 0.3) is 0 Å². The van der Waals surface area contributed by atoms with Gasteiger partial charge in [0.2, 0.25) is 0 Å². The Balaban J connectivity index is 0.000000292. The van der Waals surface area contributed by atoms with Crippen LogP contribution in [0.15, 0.2) is 25.1 Å². The summed E-state index contributed by atoms with van der Waals surface area (Å²) in [5, 5.41) is 0. The van der Waals surface area contributed by atoms with Gasteiger partial charge in [0.05, 0.1) is 13.2 Å². The predicted molar refractivity (Wildman–Crippen MR) is 48.0 cm³/mol. The van der Waals surface area contributed by atoms with Gasteiger partial charge in [0, 0.05) is 6.54 Å². The maximum Gasteiger partial charge on any atom is 0.673 e. The van der Waals surface area contributed by atoms with Gasteiger partial charge in [0.15, 0.2) is 6.67 Å². The standard InChI is InChI=1S/C7H12N2.BF4/c1-3-4-9-6-5-8(2)7-9;2-1(3,4)5/h3,5-6H,1,4,7H2,2H3;/q;-1/p+1. The summed E-state index contributed by atoms with van der Waals surface area (Å²) in [4.78, 5) is 3.65. The second kappa shape index (κ2) is 5.69. The average Bonchev–Trinajstić information content (AvgIpc) is 2.32. The first-order valence-electron chi connectivity index (χ1n) is 4.06. The fourth-order valence-corrected chi connectivity index (χ4v) is 0.950. The molecule has 0 spiro atoms. The minimum atomic E-state index is -6.00. The normalized spacial score (nSPS) is 20.4. The number of rotatable bonds is 2. The van der Waals surface area contributed by atoms with Crippen molar-refractivity contribution < 1.29 is 22.2 Å². The molecule has 0 saturated heterocycles. The highest BCUT2D eigenvalue weighted by Crippen LogP contribution is 2.06. The molecule has 1 aliphatic heterocycles. The minimum Gasteiger partial charge on any atom is -0.418 e. The van der Waals surface area contributed by atoms with Crippen molar-refractivity contribution in [2.24, 2.45) is 0 Å². The lowest BCUT2D eigenvalue weighted by Crippen LogP contribution is -3.03. The zero-order chi connectivity index (χ0) is 11.2. The molecule has 1 atom stereocenters. The topological polar surface area (TPSA) is 7.68 Å². The van der Waals surface area contributed by atoms with E-state index in [0.717, 1.165) is 13.2 Å². The second-order valence-corrected chi connectivity index (χ2v) is 2.88. The molecular weight excluding hydrogens is 199 g/mol. The zero-order valence-electron chi connectivity index (χ0n) is 7.89. The summed E-state index contributed by atoms with van der Waals surface area (Å²) in [5.74, 6) is 0. The molecule has 1 aliphatic rings. The molecule has 1 rings (SSSR count). The van der Waals surface area contributed by atoms with Gasteiger partial charge in [-0.05, 0) is 0 Å². The maximum atomic E-state index is 9.75. The van der Waals surface area contributed by atoms with E-state index in [1.807, 2.05) is 6.08 Å². The molecule has 0 fully saturated rings. The summed E-state index contributed by atoms with van der Waals surface area (Å²) in [6.07, 6.45) is 6.17. The predicted octanol–water partition coefficient (Wildman–Crippen LogP) is 0.731. The first kappa shape index (κ1) is 13.0. The van der Waals surface area contributed by atoms with Crippen LogP contribution in [0.2, 0.25) is 0 Å². The third-order valence-electron chi connectivity index (χ3n) is 1.39. The van der Waals surface area contributed by atoms with Gasteiger partial charge < -0.3 is 22.2 Å². The van der Waals surface area contributed by atoms with Crippen molar-refractivity contribution in [2.75, 3.05) is 20.3 Å². The summed E-state index contributed by atoms with van der Waals surface area (Å²) in [6, 6.07) is 0. The molecule has 1 heterocycles. The van der Waals surface area contributed by atoms with Crippen LogP contribution in [-0.4, -0.2) is 32.4 Å². The van der Waals surface area contributed by atoms with Gasteiger partial charge in [-0.2, -0.15) is 0 Å². The van der Waals surface area contributed by atoms with E-state index < -0.39 is 7.25 Å². The molecule has 1 N–H and O–H groups in total. The van der Waals surface area contributed by atoms with E-state index in [2.05, 4.69) is 30.9 Å². The van der Waals surface area contributed by atoms with E-state index in [9.17, 15) is 17.3 Å². The third kappa shape index (κ3) is 9.12. The first-order chi connectivity index (χ1) is 6.33. The monoisotopic (exact) mass is 212 g/mol. The maximum absolute atomic E-state index is 9.75. The summed E-state index contributed by atoms with van der Waals surface area (Å²) in [7, 11) is -3.86. The Morgan fingerprint density at radius 3 is 2.29 bits per heavy atom. The van der Waals surface area contributed by atoms with Gasteiger partial charge in [0.1, 0.15) is 6.20 Å². The number of nitrogens with one attached hydrogen (secondary N) is 1. The van der Waals surface area contributed by atoms with Crippen LogP contribution < -0.4 is 4.90 Å². The molecular formula is C7H13BF4N2. The fraction of sp³-hybridized carbons (Fsp3) is 0.429. The van der Waals surface area contributed by atoms with Crippen molar-refractivity contribution in [2.45, 2.75) is 0 Å². The largest absolute Gasteiger partial charge is 0.673 e. The van der Waals surface area contributed by atoms with E-state index in [0.29, 0.717) is 0 Å². The quantitative estimate of drug-likeness (QED) is 0.402. The Hall–Kier alpha value is -0.975. The van der Waals surface area contributed by atoms with Crippen LogP contribution in [0.4, 0.5) is 17.3 Å². The lowest BCUT2D eigenvalue weighted by Gasteiger charge is -2.10. The lowest BCUT2D eigenvalue weighted by molar-refractivity contribution is -0.826. The van der Waals surface area contributed by atoms with E-state index in [-0.39, 0.29) is 0 Å². The molecule has 2 nitrogen and oxygen atoms in total. The average molecular weight is 212 g/mol. The molecule has 0 radical (unpaired) electrons. The van der Waals surface area contributed by atoms with Crippen LogP contribution in [0.3, 0.4) is 0 Å². The summed E-state index contributed by atoms with van der Waals surface area (Å²) in [5.41, 5.74) is 0. The number of nitrogens with zero attached hydrogens (tertiary/aromatic N) is 1. The Bertz CT molecular complexity index is 198. The van der Waals surface area contributed by atoms with Crippen LogP contribution >= 0.6 is 0 Å². The van der Waals surface area contributed by atoms with E-state index in [4.69, 9.17) is 0 Å². The first-order valence-corrected chi connectivity index (χ1v) is 4.06. The van der Waals surface area contributed by atoms with Crippen molar-refractivity contribution in [3.8, 4) is 0 Å². The van der Waals surface area contributed by atoms with E-state index in [1.54, 1.807) is 0 Å². The summed E-state index contributed by atoms with van der Waals surface area (Å²) >= 11 is 0. The number of halogens is 4. The Kier molecular flexibility index (Phi) is 5.30. The molecule has 1 unspecified atom stereocenters. The third-order valence-corrected chi connectivity index (χ3v) is 1.39. The molecule has 14 heavy (non-hydrogen) atoms. The van der Waals surface area contributed by atoms with E-state index in [1.165, 1.54) is 4.90 Å². The van der Waals surface area contributed by atoms with Crippen molar-refractivity contribution in [1.29, 1.82) is 0 Å². The van der Waals surface area contributed by atoms with Crippen LogP contribution in [0.5, 0.6) is 0 Å². The lowest BCUT2D eigenvalue weighted by atomic mass is 10.3. The van der Waals surface area contributed by atoms with Gasteiger partial charge in [0.25, 0.3) is 0 Å². The Labute approximate surface area is 80.6 Å². The highest BCUT2D eigenvalue weighted by atomic mass is 19.5. The summed E-state index contributed by atoms with van der Waals surface area (Å²) < 4.78 is 39.0. The smallest absolute Gasteiger partial charge is 0.418 e.